The van der Waals surface area contributed by atoms with Crippen LogP contribution in [0.2, 0.25) is 0 Å². The Hall–Kier alpha value is -1.15. The molecule has 2 aliphatic heterocycles. The van der Waals surface area contributed by atoms with Crippen LogP contribution in [0.15, 0.2) is 23.1 Å². The molecule has 2 aliphatic rings. The Kier molecular flexibility index (Phi) is 7.46. The number of halogens is 1. The summed E-state index contributed by atoms with van der Waals surface area (Å²) in [7, 11) is -3.54. The van der Waals surface area contributed by atoms with Crippen molar-refractivity contribution in [2.24, 2.45) is 0 Å². The molecule has 1 aromatic carbocycles. The van der Waals surface area contributed by atoms with Crippen molar-refractivity contribution >= 4 is 28.3 Å². The third-order valence-electron chi connectivity index (χ3n) is 5.02. The first kappa shape index (κ1) is 21.2. The first-order chi connectivity index (χ1) is 12.0. The van der Waals surface area contributed by atoms with Crippen molar-refractivity contribution in [1.82, 2.24) is 14.9 Å². The molecule has 2 fully saturated rings. The molecule has 26 heavy (non-hydrogen) atoms. The van der Waals surface area contributed by atoms with Gasteiger partial charge in [0.2, 0.25) is 10.0 Å². The molecule has 8 heteroatoms. The van der Waals surface area contributed by atoms with Crippen LogP contribution in [0.3, 0.4) is 0 Å². The Balaban J connectivity index is 0.00000243. The maximum absolute atomic E-state index is 13.0. The highest BCUT2D eigenvalue weighted by Crippen LogP contribution is 2.24. The van der Waals surface area contributed by atoms with Crippen molar-refractivity contribution in [1.29, 1.82) is 0 Å². The minimum atomic E-state index is -3.54. The van der Waals surface area contributed by atoms with Crippen LogP contribution in [0.25, 0.3) is 0 Å². The Labute approximate surface area is 162 Å². The van der Waals surface area contributed by atoms with Crippen LogP contribution in [0.4, 0.5) is 0 Å². The average Bonchev–Trinajstić information content (AvgIpc) is 2.63. The Morgan fingerprint density at radius 3 is 2.58 bits per heavy atom. The minimum Gasteiger partial charge on any atom is -0.348 e. The van der Waals surface area contributed by atoms with Gasteiger partial charge in [-0.15, -0.1) is 12.4 Å². The summed E-state index contributed by atoms with van der Waals surface area (Å²) in [4.78, 5) is 12.8. The summed E-state index contributed by atoms with van der Waals surface area (Å²) in [6.45, 7) is 4.65. The summed E-state index contributed by atoms with van der Waals surface area (Å²) in [6.07, 6.45) is 4.85. The summed E-state index contributed by atoms with van der Waals surface area (Å²) in [6, 6.07) is 5.07. The van der Waals surface area contributed by atoms with Gasteiger partial charge in [-0.05, 0) is 56.8 Å². The molecule has 1 amide bonds. The number of rotatable bonds is 4. The highest BCUT2D eigenvalue weighted by molar-refractivity contribution is 7.89. The molecule has 1 unspecified atom stereocenters. The molecule has 2 heterocycles. The number of benzene rings is 1. The normalized spacial score (nSPS) is 21.7. The Morgan fingerprint density at radius 1 is 1.19 bits per heavy atom. The number of hydrogen-bond donors (Lipinski definition) is 2. The number of nitrogens with one attached hydrogen (secondary N) is 2. The predicted octanol–water partition coefficient (Wildman–Crippen LogP) is 2.07. The molecule has 2 saturated heterocycles. The molecular formula is C18H28ClN3O3S. The van der Waals surface area contributed by atoms with Gasteiger partial charge in [0.15, 0.2) is 0 Å². The van der Waals surface area contributed by atoms with E-state index in [4.69, 9.17) is 0 Å². The van der Waals surface area contributed by atoms with Gasteiger partial charge in [-0.25, -0.2) is 8.42 Å². The number of amides is 1. The number of piperidine rings is 2. The fraction of sp³-hybridized carbons (Fsp3) is 0.611. The standard InChI is InChI=1S/C18H27N3O3S.ClH/c1-14-7-8-15(18(22)20-16-6-5-9-19-13-16)12-17(14)25(23,24)21-10-3-2-4-11-21;/h7-8,12,16,19H,2-6,9-11,13H2,1H3,(H,20,22);1H. The lowest BCUT2D eigenvalue weighted by Gasteiger charge is -2.27. The van der Waals surface area contributed by atoms with Crippen LogP contribution in [0.5, 0.6) is 0 Å². The van der Waals surface area contributed by atoms with Crippen molar-refractivity contribution in [3.63, 3.8) is 0 Å². The summed E-state index contributed by atoms with van der Waals surface area (Å²) in [5, 5.41) is 6.27. The topological polar surface area (TPSA) is 78.5 Å². The van der Waals surface area contributed by atoms with Crippen LogP contribution in [0.1, 0.15) is 48.0 Å². The van der Waals surface area contributed by atoms with E-state index in [0.717, 1.165) is 45.2 Å². The highest BCUT2D eigenvalue weighted by Gasteiger charge is 2.28. The SMILES string of the molecule is Cc1ccc(C(=O)NC2CCCNC2)cc1S(=O)(=O)N1CCCCC1.Cl. The van der Waals surface area contributed by atoms with Crippen LogP contribution >= 0.6 is 12.4 Å². The smallest absolute Gasteiger partial charge is 0.251 e. The number of nitrogens with zero attached hydrogens (tertiary/aromatic N) is 1. The number of sulfonamides is 1. The van der Waals surface area contributed by atoms with Crippen molar-refractivity contribution in [3.05, 3.63) is 29.3 Å². The molecule has 6 nitrogen and oxygen atoms in total. The van der Waals surface area contributed by atoms with Gasteiger partial charge in [0.25, 0.3) is 5.91 Å². The van der Waals surface area contributed by atoms with Gasteiger partial charge in [0.1, 0.15) is 0 Å². The number of hydrogen-bond acceptors (Lipinski definition) is 4. The van der Waals surface area contributed by atoms with E-state index in [-0.39, 0.29) is 29.3 Å². The van der Waals surface area contributed by atoms with E-state index < -0.39 is 10.0 Å². The van der Waals surface area contributed by atoms with Crippen LogP contribution < -0.4 is 10.6 Å². The number of carbonyl (C=O) groups is 1. The molecule has 2 N–H and O–H groups in total. The fourth-order valence-corrected chi connectivity index (χ4v) is 5.28. The Bertz CT molecular complexity index is 727. The molecule has 3 rings (SSSR count). The van der Waals surface area contributed by atoms with Gasteiger partial charge in [0, 0.05) is 31.2 Å². The molecule has 0 bridgehead atoms. The first-order valence-electron chi connectivity index (χ1n) is 9.11. The zero-order chi connectivity index (χ0) is 17.9. The van der Waals surface area contributed by atoms with Gasteiger partial charge in [0.05, 0.1) is 4.90 Å². The third-order valence-corrected chi connectivity index (χ3v) is 7.06. The molecule has 0 saturated carbocycles. The van der Waals surface area contributed by atoms with Crippen LogP contribution in [-0.2, 0) is 10.0 Å². The van der Waals surface area contributed by atoms with E-state index >= 15 is 0 Å². The van der Waals surface area contributed by atoms with E-state index in [9.17, 15) is 13.2 Å². The molecule has 0 aromatic heterocycles. The lowest BCUT2D eigenvalue weighted by molar-refractivity contribution is 0.0930. The Morgan fingerprint density at radius 2 is 1.92 bits per heavy atom. The highest BCUT2D eigenvalue weighted by atomic mass is 35.5. The molecule has 0 radical (unpaired) electrons. The van der Waals surface area contributed by atoms with Crippen molar-refractivity contribution in [3.8, 4) is 0 Å². The van der Waals surface area contributed by atoms with Crippen molar-refractivity contribution < 1.29 is 13.2 Å². The molecule has 146 valence electrons. The van der Waals surface area contributed by atoms with Gasteiger partial charge in [-0.3, -0.25) is 4.79 Å². The second-order valence-corrected chi connectivity index (χ2v) is 8.87. The second kappa shape index (κ2) is 9.17. The summed E-state index contributed by atoms with van der Waals surface area (Å²) < 4.78 is 27.5. The number of carbonyl (C=O) groups excluding carboxylic acids is 1. The molecule has 0 aliphatic carbocycles. The minimum absolute atomic E-state index is 0. The van der Waals surface area contributed by atoms with Gasteiger partial charge >= 0.3 is 0 Å². The largest absolute Gasteiger partial charge is 0.348 e. The molecule has 1 aromatic rings. The van der Waals surface area contributed by atoms with Crippen LogP contribution in [0, 0.1) is 6.92 Å². The van der Waals surface area contributed by atoms with Gasteiger partial charge < -0.3 is 10.6 Å². The average molecular weight is 402 g/mol. The lowest BCUT2D eigenvalue weighted by atomic mass is 10.1. The van der Waals surface area contributed by atoms with Crippen molar-refractivity contribution in [2.75, 3.05) is 26.2 Å². The van der Waals surface area contributed by atoms with E-state index in [1.807, 2.05) is 0 Å². The fourth-order valence-electron chi connectivity index (χ4n) is 3.51. The summed E-state index contributed by atoms with van der Waals surface area (Å²) in [5.41, 5.74) is 1.09. The van der Waals surface area contributed by atoms with E-state index in [1.54, 1.807) is 23.4 Å². The monoisotopic (exact) mass is 401 g/mol. The van der Waals surface area contributed by atoms with Gasteiger partial charge in [-0.1, -0.05) is 12.5 Å². The molecule has 0 spiro atoms. The van der Waals surface area contributed by atoms with Gasteiger partial charge in [-0.2, -0.15) is 4.31 Å². The third kappa shape index (κ3) is 4.76. The summed E-state index contributed by atoms with van der Waals surface area (Å²) in [5.74, 6) is -0.205. The molecular weight excluding hydrogens is 374 g/mol. The number of aryl methyl sites for hydroxylation is 1. The lowest BCUT2D eigenvalue weighted by Crippen LogP contribution is -2.45. The zero-order valence-corrected chi connectivity index (χ0v) is 16.8. The quantitative estimate of drug-likeness (QED) is 0.809. The molecule has 1 atom stereocenters. The first-order valence-corrected chi connectivity index (χ1v) is 10.5. The zero-order valence-electron chi connectivity index (χ0n) is 15.2. The van der Waals surface area contributed by atoms with E-state index in [0.29, 0.717) is 24.2 Å². The maximum Gasteiger partial charge on any atom is 0.251 e. The van der Waals surface area contributed by atoms with E-state index in [1.165, 1.54) is 6.07 Å². The summed E-state index contributed by atoms with van der Waals surface area (Å²) >= 11 is 0. The van der Waals surface area contributed by atoms with E-state index in [2.05, 4.69) is 10.6 Å². The maximum atomic E-state index is 13.0. The second-order valence-electron chi connectivity index (χ2n) is 6.96. The predicted molar refractivity (Wildman–Crippen MR) is 104 cm³/mol. The van der Waals surface area contributed by atoms with Crippen LogP contribution in [-0.4, -0.2) is 50.9 Å². The van der Waals surface area contributed by atoms with Crippen molar-refractivity contribution in [2.45, 2.75) is 50.0 Å².